The van der Waals surface area contributed by atoms with Crippen molar-refractivity contribution in [3.8, 4) is 0 Å². The highest BCUT2D eigenvalue weighted by Crippen LogP contribution is 2.35. The van der Waals surface area contributed by atoms with E-state index in [0.717, 1.165) is 17.0 Å². The molecule has 106 valence electrons. The molecule has 1 rings (SSSR count). The summed E-state index contributed by atoms with van der Waals surface area (Å²) in [6.07, 6.45) is -5.38. The molecule has 0 aromatic heterocycles. The van der Waals surface area contributed by atoms with Gasteiger partial charge in [0.1, 0.15) is 0 Å². The van der Waals surface area contributed by atoms with E-state index >= 15 is 0 Å². The number of carbonyl (C=O) groups is 1. The molecule has 0 aliphatic rings. The largest absolute Gasteiger partial charge is 0.418 e. The Kier molecular flexibility index (Phi) is 4.41. The standard InChI is InChI=1S/C12H15F3N2O2/c1-7(18)6-17(2)11(19)8-4-3-5-9(10(8)16)12(13,14)15/h3-5,7,18H,6,16H2,1-2H3. The number of aliphatic hydroxyl groups is 1. The van der Waals surface area contributed by atoms with Gasteiger partial charge in [0.2, 0.25) is 0 Å². The Bertz CT molecular complexity index is 473. The first-order chi connectivity index (χ1) is 8.64. The fourth-order valence-corrected chi connectivity index (χ4v) is 1.68. The van der Waals surface area contributed by atoms with Gasteiger partial charge in [0.15, 0.2) is 0 Å². The van der Waals surface area contributed by atoms with Crippen LogP contribution in [0.3, 0.4) is 0 Å². The van der Waals surface area contributed by atoms with Crippen molar-refractivity contribution in [2.75, 3.05) is 19.3 Å². The van der Waals surface area contributed by atoms with Crippen LogP contribution in [0.4, 0.5) is 18.9 Å². The number of benzene rings is 1. The lowest BCUT2D eigenvalue weighted by Crippen LogP contribution is -2.33. The van der Waals surface area contributed by atoms with Crippen LogP contribution in [0, 0.1) is 0 Å². The summed E-state index contributed by atoms with van der Waals surface area (Å²) in [7, 11) is 1.38. The first-order valence-electron chi connectivity index (χ1n) is 5.53. The fourth-order valence-electron chi connectivity index (χ4n) is 1.68. The van der Waals surface area contributed by atoms with Crippen LogP contribution in [0.2, 0.25) is 0 Å². The summed E-state index contributed by atoms with van der Waals surface area (Å²) in [5.74, 6) is -0.663. The topological polar surface area (TPSA) is 66.6 Å². The number of rotatable bonds is 3. The van der Waals surface area contributed by atoms with Crippen molar-refractivity contribution in [3.63, 3.8) is 0 Å². The van der Waals surface area contributed by atoms with Crippen LogP contribution in [0.25, 0.3) is 0 Å². The predicted molar refractivity (Wildman–Crippen MR) is 64.5 cm³/mol. The van der Waals surface area contributed by atoms with Gasteiger partial charge in [-0.25, -0.2) is 0 Å². The molecule has 0 fully saturated rings. The van der Waals surface area contributed by atoms with E-state index in [2.05, 4.69) is 0 Å². The van der Waals surface area contributed by atoms with Gasteiger partial charge >= 0.3 is 6.18 Å². The smallest absolute Gasteiger partial charge is 0.398 e. The van der Waals surface area contributed by atoms with E-state index in [1.807, 2.05) is 0 Å². The molecule has 1 atom stereocenters. The number of hydrogen-bond donors (Lipinski definition) is 2. The molecule has 0 saturated heterocycles. The van der Waals surface area contributed by atoms with Gasteiger partial charge < -0.3 is 15.7 Å². The number of anilines is 1. The molecular weight excluding hydrogens is 261 g/mol. The monoisotopic (exact) mass is 276 g/mol. The molecular formula is C12H15F3N2O2. The normalized spacial score (nSPS) is 13.2. The Morgan fingerprint density at radius 1 is 1.47 bits per heavy atom. The highest BCUT2D eigenvalue weighted by molar-refractivity contribution is 5.99. The van der Waals surface area contributed by atoms with Crippen LogP contribution < -0.4 is 5.73 Å². The van der Waals surface area contributed by atoms with Crippen molar-refractivity contribution in [3.05, 3.63) is 29.3 Å². The van der Waals surface area contributed by atoms with Crippen molar-refractivity contribution in [2.24, 2.45) is 0 Å². The summed E-state index contributed by atoms with van der Waals surface area (Å²) in [4.78, 5) is 13.1. The number of amides is 1. The lowest BCUT2D eigenvalue weighted by Gasteiger charge is -2.20. The highest BCUT2D eigenvalue weighted by Gasteiger charge is 2.34. The number of nitrogens with two attached hydrogens (primary N) is 1. The van der Waals surface area contributed by atoms with Crippen molar-refractivity contribution >= 4 is 11.6 Å². The molecule has 0 radical (unpaired) electrons. The van der Waals surface area contributed by atoms with Gasteiger partial charge in [-0.1, -0.05) is 6.07 Å². The summed E-state index contributed by atoms with van der Waals surface area (Å²) in [6.45, 7) is 1.48. The van der Waals surface area contributed by atoms with Crippen molar-refractivity contribution < 1.29 is 23.1 Å². The van der Waals surface area contributed by atoms with Gasteiger partial charge in [-0.05, 0) is 19.1 Å². The molecule has 0 spiro atoms. The van der Waals surface area contributed by atoms with E-state index in [1.54, 1.807) is 0 Å². The SMILES string of the molecule is CC(O)CN(C)C(=O)c1cccc(C(F)(F)F)c1N. The third-order valence-electron chi connectivity index (χ3n) is 2.53. The summed E-state index contributed by atoms with van der Waals surface area (Å²) in [5, 5.41) is 9.17. The molecule has 19 heavy (non-hydrogen) atoms. The number of likely N-dealkylation sites (N-methyl/N-ethyl adjacent to an activating group) is 1. The second-order valence-electron chi connectivity index (χ2n) is 4.30. The Balaban J connectivity index is 3.12. The molecule has 0 heterocycles. The van der Waals surface area contributed by atoms with E-state index < -0.39 is 29.4 Å². The zero-order valence-electron chi connectivity index (χ0n) is 10.5. The van der Waals surface area contributed by atoms with Crippen molar-refractivity contribution in [1.29, 1.82) is 0 Å². The van der Waals surface area contributed by atoms with Crippen LogP contribution >= 0.6 is 0 Å². The lowest BCUT2D eigenvalue weighted by molar-refractivity contribution is -0.136. The van der Waals surface area contributed by atoms with Crippen LogP contribution in [-0.2, 0) is 6.18 Å². The fraction of sp³-hybridized carbons (Fsp3) is 0.417. The Morgan fingerprint density at radius 3 is 2.53 bits per heavy atom. The Hall–Kier alpha value is -1.76. The van der Waals surface area contributed by atoms with Gasteiger partial charge in [-0.15, -0.1) is 0 Å². The molecule has 0 aliphatic heterocycles. The number of carbonyl (C=O) groups excluding carboxylic acids is 1. The van der Waals surface area contributed by atoms with E-state index in [1.165, 1.54) is 20.0 Å². The van der Waals surface area contributed by atoms with Crippen LogP contribution in [0.1, 0.15) is 22.8 Å². The molecule has 1 aromatic carbocycles. The first kappa shape index (κ1) is 15.3. The van der Waals surface area contributed by atoms with Gasteiger partial charge in [0, 0.05) is 13.6 Å². The minimum absolute atomic E-state index is 0.00845. The molecule has 1 unspecified atom stereocenters. The first-order valence-corrected chi connectivity index (χ1v) is 5.53. The number of alkyl halides is 3. The van der Waals surface area contributed by atoms with Crippen molar-refractivity contribution in [2.45, 2.75) is 19.2 Å². The number of hydrogen-bond acceptors (Lipinski definition) is 3. The number of aliphatic hydroxyl groups excluding tert-OH is 1. The molecule has 1 aromatic rings. The summed E-state index contributed by atoms with van der Waals surface area (Å²) in [6, 6.07) is 3.18. The second kappa shape index (κ2) is 5.48. The minimum atomic E-state index is -4.61. The maximum absolute atomic E-state index is 12.7. The van der Waals surface area contributed by atoms with Crippen molar-refractivity contribution in [1.82, 2.24) is 4.90 Å². The average molecular weight is 276 g/mol. The predicted octanol–water partition coefficient (Wildman–Crippen LogP) is 1.74. The minimum Gasteiger partial charge on any atom is -0.398 e. The Morgan fingerprint density at radius 2 is 2.05 bits per heavy atom. The molecule has 1 amide bonds. The van der Waals surface area contributed by atoms with Gasteiger partial charge in [-0.3, -0.25) is 4.79 Å². The summed E-state index contributed by atoms with van der Waals surface area (Å²) in [5.41, 5.74) is 3.55. The molecule has 7 heteroatoms. The van der Waals surface area contributed by atoms with Crippen LogP contribution in [0.5, 0.6) is 0 Å². The Labute approximate surface area is 108 Å². The maximum Gasteiger partial charge on any atom is 0.418 e. The van der Waals surface area contributed by atoms with E-state index in [4.69, 9.17) is 10.8 Å². The van der Waals surface area contributed by atoms with E-state index in [0.29, 0.717) is 0 Å². The molecule has 3 N–H and O–H groups in total. The zero-order chi connectivity index (χ0) is 14.8. The van der Waals surface area contributed by atoms with Crippen LogP contribution in [0.15, 0.2) is 18.2 Å². The number of para-hydroxylation sites is 1. The van der Waals surface area contributed by atoms with Gasteiger partial charge in [0.05, 0.1) is 22.9 Å². The highest BCUT2D eigenvalue weighted by atomic mass is 19.4. The van der Waals surface area contributed by atoms with E-state index in [9.17, 15) is 18.0 Å². The quantitative estimate of drug-likeness (QED) is 0.826. The maximum atomic E-state index is 12.7. The zero-order valence-corrected chi connectivity index (χ0v) is 10.5. The molecule has 0 bridgehead atoms. The lowest BCUT2D eigenvalue weighted by atomic mass is 10.1. The number of nitrogen functional groups attached to an aromatic ring is 1. The summed E-state index contributed by atoms with van der Waals surface area (Å²) >= 11 is 0. The van der Waals surface area contributed by atoms with Crippen LogP contribution in [-0.4, -0.2) is 35.6 Å². The summed E-state index contributed by atoms with van der Waals surface area (Å²) < 4.78 is 38.0. The van der Waals surface area contributed by atoms with Gasteiger partial charge in [0.25, 0.3) is 5.91 Å². The number of nitrogens with zero attached hydrogens (tertiary/aromatic N) is 1. The molecule has 0 saturated carbocycles. The third-order valence-corrected chi connectivity index (χ3v) is 2.53. The molecule has 0 aliphatic carbocycles. The molecule has 4 nitrogen and oxygen atoms in total. The second-order valence-corrected chi connectivity index (χ2v) is 4.30. The van der Waals surface area contributed by atoms with Gasteiger partial charge in [-0.2, -0.15) is 13.2 Å². The van der Waals surface area contributed by atoms with E-state index in [-0.39, 0.29) is 12.1 Å². The number of halogens is 3. The third kappa shape index (κ3) is 3.60. The average Bonchev–Trinajstić information content (AvgIpc) is 2.25.